The van der Waals surface area contributed by atoms with E-state index in [9.17, 15) is 8.42 Å². The van der Waals surface area contributed by atoms with E-state index in [2.05, 4.69) is 14.5 Å². The molecule has 3 atom stereocenters. The number of aromatic nitrogens is 2. The topological polar surface area (TPSA) is 109 Å². The second kappa shape index (κ2) is 5.78. The molecule has 4 rings (SSSR count). The number of piperidine rings is 1. The maximum atomic E-state index is 10.9. The standard InChI is InChI=1S/C13H20N4O5S/c18-23(19,20)22-17-8-16-7-10(17)5-6-11(16)13-15-14-12(21-13)9-3-1-2-4-9/h9-11H,1-8H2,(H,18,19,20)/t10-,11+/m1/s1. The number of hydrogen-bond acceptors (Lipinski definition) is 8. The SMILES string of the molecule is O=S(=O)(O)ON1CN2C[C@H]1CC[C@H]2c1nnc(C2CCCC2)o1. The van der Waals surface area contributed by atoms with Gasteiger partial charge in [-0.1, -0.05) is 12.8 Å². The van der Waals surface area contributed by atoms with Gasteiger partial charge >= 0.3 is 10.4 Å². The Morgan fingerprint density at radius 2 is 1.87 bits per heavy atom. The molecule has 0 aromatic carbocycles. The molecule has 0 radical (unpaired) electrons. The van der Waals surface area contributed by atoms with Gasteiger partial charge in [0.05, 0.1) is 18.8 Å². The van der Waals surface area contributed by atoms with Gasteiger partial charge in [0.1, 0.15) is 0 Å². The Morgan fingerprint density at radius 1 is 1.13 bits per heavy atom. The average Bonchev–Trinajstić information content (AvgIpc) is 3.20. The van der Waals surface area contributed by atoms with Crippen molar-refractivity contribution >= 4 is 10.4 Å². The fourth-order valence-corrected chi connectivity index (χ4v) is 4.32. The highest BCUT2D eigenvalue weighted by Crippen LogP contribution is 2.39. The molecule has 2 bridgehead atoms. The fraction of sp³-hybridized carbons (Fsp3) is 0.846. The van der Waals surface area contributed by atoms with Crippen LogP contribution in [0.4, 0.5) is 0 Å². The minimum Gasteiger partial charge on any atom is -0.423 e. The molecule has 1 unspecified atom stereocenters. The summed E-state index contributed by atoms with van der Waals surface area (Å²) < 4.78 is 41.2. The monoisotopic (exact) mass is 344 g/mol. The fourth-order valence-electron chi connectivity index (χ4n) is 3.91. The van der Waals surface area contributed by atoms with Crippen LogP contribution in [0.1, 0.15) is 62.3 Å². The largest absolute Gasteiger partial charge is 0.423 e. The molecule has 2 saturated heterocycles. The Labute approximate surface area is 134 Å². The smallest absolute Gasteiger partial charge is 0.413 e. The Balaban J connectivity index is 1.47. The summed E-state index contributed by atoms with van der Waals surface area (Å²) in [6.45, 7) is 0.942. The molecule has 1 aliphatic carbocycles. The van der Waals surface area contributed by atoms with Crippen LogP contribution < -0.4 is 0 Å². The van der Waals surface area contributed by atoms with Gasteiger partial charge in [0.15, 0.2) is 0 Å². The van der Waals surface area contributed by atoms with Gasteiger partial charge < -0.3 is 4.42 Å². The molecule has 0 spiro atoms. The Hall–Kier alpha value is -1.07. The maximum Gasteiger partial charge on any atom is 0.413 e. The molecule has 1 N–H and O–H groups in total. The van der Waals surface area contributed by atoms with E-state index in [1.807, 2.05) is 4.90 Å². The van der Waals surface area contributed by atoms with Crippen LogP contribution in [0.25, 0.3) is 0 Å². The predicted molar refractivity (Wildman–Crippen MR) is 77.3 cm³/mol. The Morgan fingerprint density at radius 3 is 2.61 bits per heavy atom. The molecule has 23 heavy (non-hydrogen) atoms. The number of fused-ring (bicyclic) bond motifs is 2. The van der Waals surface area contributed by atoms with Crippen LogP contribution in [-0.4, -0.2) is 52.4 Å². The van der Waals surface area contributed by atoms with Crippen LogP contribution in [0.5, 0.6) is 0 Å². The van der Waals surface area contributed by atoms with Crippen molar-refractivity contribution in [3.8, 4) is 0 Å². The lowest BCUT2D eigenvalue weighted by molar-refractivity contribution is -0.0771. The molecule has 1 aromatic rings. The van der Waals surface area contributed by atoms with Crippen molar-refractivity contribution in [3.63, 3.8) is 0 Å². The van der Waals surface area contributed by atoms with Crippen LogP contribution in [-0.2, 0) is 14.7 Å². The van der Waals surface area contributed by atoms with E-state index in [0.717, 1.165) is 31.6 Å². The summed E-state index contributed by atoms with van der Waals surface area (Å²) in [5, 5.41) is 9.73. The summed E-state index contributed by atoms with van der Waals surface area (Å²) in [6.07, 6.45) is 6.17. The highest BCUT2D eigenvalue weighted by molar-refractivity contribution is 7.80. The van der Waals surface area contributed by atoms with Crippen molar-refractivity contribution in [1.82, 2.24) is 20.2 Å². The minimum absolute atomic E-state index is 0.0242. The quantitative estimate of drug-likeness (QED) is 0.807. The summed E-state index contributed by atoms with van der Waals surface area (Å²) in [4.78, 5) is 2.05. The van der Waals surface area contributed by atoms with E-state index >= 15 is 0 Å². The first kappa shape index (κ1) is 15.5. The van der Waals surface area contributed by atoms with Gasteiger partial charge in [0, 0.05) is 12.5 Å². The first-order valence-electron chi connectivity index (χ1n) is 8.00. The van der Waals surface area contributed by atoms with Gasteiger partial charge in [-0.25, -0.2) is 0 Å². The lowest BCUT2D eigenvalue weighted by Gasteiger charge is -2.27. The first-order valence-corrected chi connectivity index (χ1v) is 9.37. The first-order chi connectivity index (χ1) is 11.0. The lowest BCUT2D eigenvalue weighted by Crippen LogP contribution is -2.34. The maximum absolute atomic E-state index is 10.9. The van der Waals surface area contributed by atoms with Gasteiger partial charge in [0.2, 0.25) is 11.8 Å². The van der Waals surface area contributed by atoms with E-state index in [1.165, 1.54) is 17.9 Å². The number of nitrogens with zero attached hydrogens (tertiary/aromatic N) is 4. The average molecular weight is 344 g/mol. The molecular formula is C13H20N4O5S. The summed E-state index contributed by atoms with van der Waals surface area (Å²) in [6, 6.07) is -0.0747. The molecule has 3 fully saturated rings. The molecule has 10 heteroatoms. The molecule has 128 valence electrons. The van der Waals surface area contributed by atoms with Gasteiger partial charge in [-0.05, 0) is 25.7 Å². The van der Waals surface area contributed by atoms with Crippen LogP contribution in [0, 0.1) is 0 Å². The summed E-state index contributed by atoms with van der Waals surface area (Å²) in [5.41, 5.74) is 0. The third-order valence-corrected chi connectivity index (χ3v) is 5.40. The Bertz CT molecular complexity index is 672. The minimum atomic E-state index is -4.49. The highest BCUT2D eigenvalue weighted by atomic mass is 32.3. The summed E-state index contributed by atoms with van der Waals surface area (Å²) >= 11 is 0. The van der Waals surface area contributed by atoms with E-state index in [0.29, 0.717) is 18.4 Å². The molecular weight excluding hydrogens is 324 g/mol. The van der Waals surface area contributed by atoms with Gasteiger partial charge in [-0.15, -0.1) is 10.2 Å². The van der Waals surface area contributed by atoms with Crippen molar-refractivity contribution in [2.24, 2.45) is 0 Å². The molecule has 1 saturated carbocycles. The van der Waals surface area contributed by atoms with E-state index in [1.54, 1.807) is 0 Å². The van der Waals surface area contributed by atoms with Gasteiger partial charge in [-0.2, -0.15) is 17.8 Å². The van der Waals surface area contributed by atoms with Crippen molar-refractivity contribution < 1.29 is 21.7 Å². The number of hydroxylamine groups is 2. The molecule has 0 amide bonds. The third kappa shape index (κ3) is 3.13. The number of rotatable bonds is 4. The van der Waals surface area contributed by atoms with Crippen LogP contribution in [0.3, 0.4) is 0 Å². The normalized spacial score (nSPS) is 32.7. The molecule has 1 aromatic heterocycles. The molecule has 9 nitrogen and oxygen atoms in total. The molecule has 2 aliphatic heterocycles. The zero-order valence-corrected chi connectivity index (χ0v) is 13.5. The second-order valence-corrected chi connectivity index (χ2v) is 7.54. The second-order valence-electron chi connectivity index (χ2n) is 6.54. The molecule has 3 heterocycles. The highest BCUT2D eigenvalue weighted by Gasteiger charge is 2.43. The van der Waals surface area contributed by atoms with Crippen molar-refractivity contribution in [3.05, 3.63) is 11.8 Å². The van der Waals surface area contributed by atoms with Crippen molar-refractivity contribution in [1.29, 1.82) is 0 Å². The predicted octanol–water partition coefficient (Wildman–Crippen LogP) is 1.24. The third-order valence-electron chi connectivity index (χ3n) is 5.02. The zero-order chi connectivity index (χ0) is 16.0. The van der Waals surface area contributed by atoms with Crippen LogP contribution >= 0.6 is 0 Å². The lowest BCUT2D eigenvalue weighted by atomic mass is 10.0. The van der Waals surface area contributed by atoms with E-state index < -0.39 is 10.4 Å². The Kier molecular flexibility index (Phi) is 3.88. The van der Waals surface area contributed by atoms with Crippen molar-refractivity contribution in [2.45, 2.75) is 56.5 Å². The molecule has 3 aliphatic rings. The summed E-state index contributed by atoms with van der Waals surface area (Å²) in [5.74, 6) is 1.70. The van der Waals surface area contributed by atoms with Crippen LogP contribution in [0.2, 0.25) is 0 Å². The van der Waals surface area contributed by atoms with Gasteiger partial charge in [0.25, 0.3) is 0 Å². The van der Waals surface area contributed by atoms with E-state index in [4.69, 9.17) is 8.97 Å². The summed E-state index contributed by atoms with van der Waals surface area (Å²) in [7, 11) is -4.49. The zero-order valence-electron chi connectivity index (χ0n) is 12.7. The van der Waals surface area contributed by atoms with Crippen LogP contribution in [0.15, 0.2) is 4.42 Å². The van der Waals surface area contributed by atoms with E-state index in [-0.39, 0.29) is 18.8 Å². The number of hydrogen-bond donors (Lipinski definition) is 1. The van der Waals surface area contributed by atoms with Gasteiger partial charge in [-0.3, -0.25) is 9.45 Å². The van der Waals surface area contributed by atoms with Crippen molar-refractivity contribution in [2.75, 3.05) is 13.2 Å².